The number of nitrogens with one attached hydrogen (secondary N) is 1. The first-order valence-electron chi connectivity index (χ1n) is 23.6. The Hall–Kier alpha value is -3.75. The summed E-state index contributed by atoms with van der Waals surface area (Å²) in [5.41, 5.74) is 6.57. The van der Waals surface area contributed by atoms with E-state index in [1.165, 1.54) is 19.8 Å². The van der Waals surface area contributed by atoms with Crippen molar-refractivity contribution in [3.8, 4) is 0 Å². The van der Waals surface area contributed by atoms with Crippen LogP contribution in [0.2, 0.25) is 0 Å². The van der Waals surface area contributed by atoms with Crippen molar-refractivity contribution < 1.29 is 57.2 Å². The van der Waals surface area contributed by atoms with Gasteiger partial charge in [-0.05, 0) is 44.1 Å². The van der Waals surface area contributed by atoms with E-state index in [-0.39, 0.29) is 72.0 Å². The molecular formula is C49H90N6O12. The molecule has 388 valence electrons. The van der Waals surface area contributed by atoms with Crippen LogP contribution < -0.4 is 16.9 Å². The van der Waals surface area contributed by atoms with Crippen molar-refractivity contribution in [1.29, 1.82) is 0 Å². The molecule has 1 aromatic carbocycles. The SMILES string of the molecule is CC(C)C(C(N)=O)N(C)CCOCCOCCOCCON.CCC(C)C(C(CC(=O)N1CCCC1C(OC)C(C)C(=O)NCC(=O)OC)OC)N(C)C(=O)CC(C)(C)C.Cc1ccccc1. The van der Waals surface area contributed by atoms with Crippen molar-refractivity contribution in [3.05, 3.63) is 35.9 Å². The van der Waals surface area contributed by atoms with Gasteiger partial charge in [0.15, 0.2) is 0 Å². The highest BCUT2D eigenvalue weighted by atomic mass is 16.6. The van der Waals surface area contributed by atoms with Gasteiger partial charge in [0.05, 0.1) is 96.0 Å². The van der Waals surface area contributed by atoms with E-state index in [0.717, 1.165) is 12.8 Å². The minimum atomic E-state index is -0.588. The highest BCUT2D eigenvalue weighted by molar-refractivity contribution is 5.84. The normalized spacial score (nSPS) is 16.4. The number of likely N-dealkylation sites (N-methyl/N-ethyl adjacent to an activating group) is 2. The van der Waals surface area contributed by atoms with Crippen LogP contribution in [0.25, 0.3) is 0 Å². The van der Waals surface area contributed by atoms with Crippen molar-refractivity contribution in [2.45, 2.75) is 125 Å². The number of carbonyl (C=O) groups is 5. The Morgan fingerprint density at radius 2 is 1.43 bits per heavy atom. The molecule has 7 atom stereocenters. The Labute approximate surface area is 402 Å². The summed E-state index contributed by atoms with van der Waals surface area (Å²) in [4.78, 5) is 72.1. The minimum Gasteiger partial charge on any atom is -0.468 e. The maximum Gasteiger partial charge on any atom is 0.325 e. The fourth-order valence-corrected chi connectivity index (χ4v) is 7.88. The highest BCUT2D eigenvalue weighted by Crippen LogP contribution is 2.30. The first kappa shape index (κ1) is 63.2. The topological polar surface area (TPSA) is 224 Å². The van der Waals surface area contributed by atoms with E-state index in [2.05, 4.69) is 47.8 Å². The van der Waals surface area contributed by atoms with Crippen LogP contribution in [-0.4, -0.2) is 176 Å². The van der Waals surface area contributed by atoms with Gasteiger partial charge in [0, 0.05) is 40.8 Å². The molecule has 1 heterocycles. The van der Waals surface area contributed by atoms with Crippen LogP contribution in [0.5, 0.6) is 0 Å². The van der Waals surface area contributed by atoms with Gasteiger partial charge in [0.1, 0.15) is 6.54 Å². The molecule has 18 nitrogen and oxygen atoms in total. The van der Waals surface area contributed by atoms with Gasteiger partial charge in [-0.2, -0.15) is 0 Å². The molecule has 2 rings (SSSR count). The van der Waals surface area contributed by atoms with Gasteiger partial charge in [-0.25, -0.2) is 5.90 Å². The Bertz CT molecular complexity index is 1520. The Kier molecular flexibility index (Phi) is 33.4. The van der Waals surface area contributed by atoms with E-state index < -0.39 is 24.1 Å². The standard InChI is InChI=1S/C28H51N3O7.C14H31N3O5.C7H8/c1-11-18(2)25(30(7)23(33)16-28(4,5)6)21(36-8)15-22(32)31-14-12-13-20(31)26(38-10)19(3)27(35)29-17-24(34)37-9;1-12(2)13(14(15)18)17(3)4-5-19-6-7-20-8-9-21-10-11-22-16;1-7-5-3-2-4-6-7/h18-21,25-26H,11-17H2,1-10H3,(H,29,35);12-13H,4-11,16H2,1-3H3,(H2,15,18);2-6H,1H3. The summed E-state index contributed by atoms with van der Waals surface area (Å²) in [6.45, 7) is 22.4. The predicted molar refractivity (Wildman–Crippen MR) is 259 cm³/mol. The zero-order chi connectivity index (χ0) is 51.1. The number of ether oxygens (including phenoxy) is 6. The maximum absolute atomic E-state index is 13.7. The third-order valence-corrected chi connectivity index (χ3v) is 11.6. The zero-order valence-corrected chi connectivity index (χ0v) is 43.5. The quantitative estimate of drug-likeness (QED) is 0.0587. The third kappa shape index (κ3) is 26.0. The molecule has 18 heteroatoms. The van der Waals surface area contributed by atoms with Gasteiger partial charge in [-0.15, -0.1) is 0 Å². The molecule has 0 radical (unpaired) electrons. The van der Waals surface area contributed by atoms with Crippen LogP contribution in [0, 0.1) is 30.1 Å². The number of likely N-dealkylation sites (tertiary alicyclic amines) is 1. The number of carbonyl (C=O) groups excluding carboxylic acids is 5. The molecule has 5 N–H and O–H groups in total. The smallest absolute Gasteiger partial charge is 0.325 e. The average Bonchev–Trinajstić information content (AvgIpc) is 3.76. The molecule has 7 unspecified atom stereocenters. The number of hydrogen-bond acceptors (Lipinski definition) is 14. The number of hydrogen-bond donors (Lipinski definition) is 3. The number of methoxy groups -OCH3 is 3. The minimum absolute atomic E-state index is 0.0302. The van der Waals surface area contributed by atoms with Crippen LogP contribution in [0.1, 0.15) is 93.1 Å². The van der Waals surface area contributed by atoms with Gasteiger partial charge in [0.2, 0.25) is 23.6 Å². The van der Waals surface area contributed by atoms with Crippen molar-refractivity contribution in [2.75, 3.05) is 101 Å². The molecule has 1 saturated heterocycles. The first-order valence-corrected chi connectivity index (χ1v) is 23.6. The van der Waals surface area contributed by atoms with E-state index in [0.29, 0.717) is 72.2 Å². The number of amides is 4. The molecule has 0 aliphatic carbocycles. The summed E-state index contributed by atoms with van der Waals surface area (Å²) in [5, 5.41) is 2.58. The van der Waals surface area contributed by atoms with Crippen molar-refractivity contribution >= 4 is 29.6 Å². The summed E-state index contributed by atoms with van der Waals surface area (Å²) in [6.07, 6.45) is 1.84. The summed E-state index contributed by atoms with van der Waals surface area (Å²) in [6, 6.07) is 9.45. The summed E-state index contributed by atoms with van der Waals surface area (Å²) in [5.74, 6) is 3.33. The number of nitrogens with two attached hydrogens (primary N) is 2. The molecule has 67 heavy (non-hydrogen) atoms. The van der Waals surface area contributed by atoms with E-state index in [1.807, 2.05) is 64.8 Å². The average molecular weight is 955 g/mol. The number of aryl methyl sites for hydroxylation is 1. The van der Waals surface area contributed by atoms with Crippen LogP contribution in [-0.2, 0) is 57.2 Å². The molecule has 0 bridgehead atoms. The van der Waals surface area contributed by atoms with E-state index >= 15 is 0 Å². The lowest BCUT2D eigenvalue weighted by atomic mass is 9.88. The lowest BCUT2D eigenvalue weighted by Crippen LogP contribution is -2.53. The van der Waals surface area contributed by atoms with E-state index in [4.69, 9.17) is 35.3 Å². The van der Waals surface area contributed by atoms with Gasteiger partial charge in [-0.1, -0.05) is 97.7 Å². The maximum atomic E-state index is 13.7. The van der Waals surface area contributed by atoms with Gasteiger partial charge >= 0.3 is 5.97 Å². The van der Waals surface area contributed by atoms with Crippen LogP contribution in [0.3, 0.4) is 0 Å². The number of nitrogens with zero attached hydrogens (tertiary/aromatic N) is 3. The van der Waals surface area contributed by atoms with Crippen molar-refractivity contribution in [3.63, 3.8) is 0 Å². The number of rotatable bonds is 29. The molecule has 0 saturated carbocycles. The zero-order valence-electron chi connectivity index (χ0n) is 43.5. The lowest BCUT2D eigenvalue weighted by molar-refractivity contribution is -0.147. The van der Waals surface area contributed by atoms with Gasteiger partial charge in [-0.3, -0.25) is 28.9 Å². The first-order chi connectivity index (χ1) is 31.6. The molecule has 4 amide bonds. The van der Waals surface area contributed by atoms with E-state index in [1.54, 1.807) is 30.9 Å². The molecule has 1 aromatic rings. The fraction of sp³-hybridized carbons (Fsp3) is 0.776. The second-order valence-electron chi connectivity index (χ2n) is 18.6. The molecule has 0 spiro atoms. The number of benzene rings is 1. The summed E-state index contributed by atoms with van der Waals surface area (Å²) >= 11 is 0. The van der Waals surface area contributed by atoms with Crippen LogP contribution in [0.4, 0.5) is 0 Å². The molecule has 1 fully saturated rings. The fourth-order valence-electron chi connectivity index (χ4n) is 7.88. The molecule has 1 aliphatic heterocycles. The largest absolute Gasteiger partial charge is 0.468 e. The highest BCUT2D eigenvalue weighted by Gasteiger charge is 2.42. The summed E-state index contributed by atoms with van der Waals surface area (Å²) < 4.78 is 32.2. The van der Waals surface area contributed by atoms with Crippen molar-refractivity contribution in [1.82, 2.24) is 20.0 Å². The second kappa shape index (κ2) is 35.4. The van der Waals surface area contributed by atoms with Crippen LogP contribution in [0.15, 0.2) is 30.3 Å². The van der Waals surface area contributed by atoms with Crippen LogP contribution >= 0.6 is 0 Å². The molecule has 0 aromatic heterocycles. The van der Waals surface area contributed by atoms with Gasteiger partial charge in [0.25, 0.3) is 0 Å². The number of primary amides is 1. The predicted octanol–water partition coefficient (Wildman–Crippen LogP) is 4.00. The monoisotopic (exact) mass is 955 g/mol. The van der Waals surface area contributed by atoms with E-state index in [9.17, 15) is 24.0 Å². The lowest BCUT2D eigenvalue weighted by Gasteiger charge is -2.40. The third-order valence-electron chi connectivity index (χ3n) is 11.6. The Morgan fingerprint density at radius 3 is 1.88 bits per heavy atom. The van der Waals surface area contributed by atoms with Gasteiger partial charge < -0.3 is 54.1 Å². The second-order valence-corrected chi connectivity index (χ2v) is 18.6. The molecule has 1 aliphatic rings. The van der Waals surface area contributed by atoms with Crippen molar-refractivity contribution in [2.24, 2.45) is 34.8 Å². The Morgan fingerprint density at radius 1 is 0.866 bits per heavy atom. The molecular weight excluding hydrogens is 865 g/mol. The number of esters is 1. The summed E-state index contributed by atoms with van der Waals surface area (Å²) in [7, 11) is 8.05. The Balaban J connectivity index is 0.00000125.